The first kappa shape index (κ1) is 12.2. The van der Waals surface area contributed by atoms with Crippen molar-refractivity contribution in [3.63, 3.8) is 0 Å². The molecule has 0 heterocycles. The van der Waals surface area contributed by atoms with Gasteiger partial charge in [0.05, 0.1) is 7.11 Å². The van der Waals surface area contributed by atoms with Crippen LogP contribution in [0.2, 0.25) is 0 Å². The fraction of sp³-hybridized carbons (Fsp3) is 0.571. The number of anilines is 1. The van der Waals surface area contributed by atoms with Crippen molar-refractivity contribution in [2.24, 2.45) is 11.8 Å². The number of nitrogens with two attached hydrogens (primary N) is 1. The third-order valence-electron chi connectivity index (χ3n) is 3.61. The van der Waals surface area contributed by atoms with E-state index in [-0.39, 0.29) is 0 Å². The molecule has 94 valence electrons. The Balaban J connectivity index is 1.96. The smallest absolute Gasteiger partial charge is 0.119 e. The van der Waals surface area contributed by atoms with E-state index in [0.717, 1.165) is 41.9 Å². The Kier molecular flexibility index (Phi) is 3.57. The molecule has 0 saturated heterocycles. The topological polar surface area (TPSA) is 38.5 Å². The van der Waals surface area contributed by atoms with E-state index in [1.807, 2.05) is 18.2 Å². The Morgan fingerprint density at radius 3 is 2.76 bits per heavy atom. The Hall–Kier alpha value is -1.22. The largest absolute Gasteiger partial charge is 0.497 e. The van der Waals surface area contributed by atoms with Crippen LogP contribution < -0.4 is 10.5 Å². The third kappa shape index (κ3) is 3.13. The molecule has 2 N–H and O–H groups in total. The minimum absolute atomic E-state index is 0.849. The van der Waals surface area contributed by atoms with Crippen LogP contribution in [0.4, 0.5) is 5.69 Å². The lowest BCUT2D eigenvalue weighted by Crippen LogP contribution is -2.21. The minimum Gasteiger partial charge on any atom is -0.497 e. The molecule has 0 aliphatic heterocycles. The third-order valence-corrected chi connectivity index (χ3v) is 3.61. The predicted octanol–water partition coefficient (Wildman–Crippen LogP) is 2.37. The van der Waals surface area contributed by atoms with E-state index >= 15 is 0 Å². The summed E-state index contributed by atoms with van der Waals surface area (Å²) in [5, 5.41) is 0. The molecule has 0 amide bonds. The highest BCUT2D eigenvalue weighted by Gasteiger charge is 2.33. The molecule has 2 unspecified atom stereocenters. The zero-order valence-corrected chi connectivity index (χ0v) is 10.9. The van der Waals surface area contributed by atoms with E-state index in [2.05, 4.69) is 18.9 Å². The normalized spacial score (nSPS) is 22.8. The number of hydrogen-bond donors (Lipinski definition) is 1. The lowest BCUT2D eigenvalue weighted by Gasteiger charge is -2.18. The number of nitrogen functional groups attached to an aromatic ring is 1. The van der Waals surface area contributed by atoms with Crippen LogP contribution in [0.15, 0.2) is 18.2 Å². The van der Waals surface area contributed by atoms with Gasteiger partial charge in [0.15, 0.2) is 0 Å². The van der Waals surface area contributed by atoms with E-state index in [1.165, 1.54) is 6.42 Å². The fourth-order valence-corrected chi connectivity index (χ4v) is 2.26. The molecule has 0 radical (unpaired) electrons. The highest BCUT2D eigenvalue weighted by Crippen LogP contribution is 2.38. The average Bonchev–Trinajstić information content (AvgIpc) is 2.97. The van der Waals surface area contributed by atoms with Crippen LogP contribution >= 0.6 is 0 Å². The van der Waals surface area contributed by atoms with Gasteiger partial charge in [0.1, 0.15) is 5.75 Å². The van der Waals surface area contributed by atoms with Gasteiger partial charge in [-0.25, -0.2) is 0 Å². The molecule has 0 spiro atoms. The average molecular weight is 234 g/mol. The second-order valence-electron chi connectivity index (χ2n) is 5.23. The van der Waals surface area contributed by atoms with E-state index < -0.39 is 0 Å². The first-order valence-corrected chi connectivity index (χ1v) is 6.21. The van der Waals surface area contributed by atoms with Gasteiger partial charge in [0, 0.05) is 18.8 Å². The lowest BCUT2D eigenvalue weighted by atomic mass is 10.1. The van der Waals surface area contributed by atoms with Gasteiger partial charge < -0.3 is 15.4 Å². The first-order valence-electron chi connectivity index (χ1n) is 6.21. The maximum atomic E-state index is 5.98. The molecule has 1 fully saturated rings. The number of ether oxygens (including phenoxy) is 1. The molecule has 3 heteroatoms. The molecule has 1 aliphatic rings. The van der Waals surface area contributed by atoms with Gasteiger partial charge in [-0.15, -0.1) is 0 Å². The second-order valence-corrected chi connectivity index (χ2v) is 5.23. The van der Waals surface area contributed by atoms with E-state index in [9.17, 15) is 0 Å². The van der Waals surface area contributed by atoms with Crippen LogP contribution in [0.1, 0.15) is 18.9 Å². The maximum absolute atomic E-state index is 5.98. The highest BCUT2D eigenvalue weighted by molar-refractivity contribution is 5.50. The molecule has 0 aromatic heterocycles. The van der Waals surface area contributed by atoms with Gasteiger partial charge in [-0.1, -0.05) is 6.92 Å². The predicted molar refractivity (Wildman–Crippen MR) is 71.0 cm³/mol. The van der Waals surface area contributed by atoms with Gasteiger partial charge in [-0.05, 0) is 49.1 Å². The second kappa shape index (κ2) is 4.96. The molecule has 3 nitrogen and oxygen atoms in total. The summed E-state index contributed by atoms with van der Waals surface area (Å²) in [6.45, 7) is 4.38. The summed E-state index contributed by atoms with van der Waals surface area (Å²) >= 11 is 0. The van der Waals surface area contributed by atoms with E-state index in [0.29, 0.717) is 0 Å². The van der Waals surface area contributed by atoms with Gasteiger partial charge in [-0.3, -0.25) is 0 Å². The lowest BCUT2D eigenvalue weighted by molar-refractivity contribution is 0.307. The summed E-state index contributed by atoms with van der Waals surface area (Å²) in [5.41, 5.74) is 7.99. The Labute approximate surface area is 104 Å². The zero-order valence-electron chi connectivity index (χ0n) is 10.9. The summed E-state index contributed by atoms with van der Waals surface area (Å²) in [7, 11) is 3.84. The number of nitrogens with zero attached hydrogens (tertiary/aromatic N) is 1. The minimum atomic E-state index is 0.849. The van der Waals surface area contributed by atoms with Crippen molar-refractivity contribution >= 4 is 5.69 Å². The number of methoxy groups -OCH3 is 1. The molecule has 1 aliphatic carbocycles. The standard InChI is InChI=1S/C14H22N2O/c1-10-6-11(10)8-16(2)9-12-7-13(17-3)4-5-14(12)15/h4-5,7,10-11H,6,8-9,15H2,1-3H3. The Morgan fingerprint density at radius 1 is 1.47 bits per heavy atom. The van der Waals surface area contributed by atoms with Crippen LogP contribution in [-0.4, -0.2) is 25.6 Å². The number of benzene rings is 1. The first-order chi connectivity index (χ1) is 8.10. The van der Waals surface area contributed by atoms with Crippen molar-refractivity contribution in [1.82, 2.24) is 4.90 Å². The van der Waals surface area contributed by atoms with Crippen molar-refractivity contribution in [2.45, 2.75) is 19.9 Å². The summed E-state index contributed by atoms with van der Waals surface area (Å²) in [6, 6.07) is 5.85. The summed E-state index contributed by atoms with van der Waals surface area (Å²) in [4.78, 5) is 2.35. The molecular weight excluding hydrogens is 212 g/mol. The Bertz CT molecular complexity index is 392. The van der Waals surface area contributed by atoms with Crippen LogP contribution in [0.5, 0.6) is 5.75 Å². The highest BCUT2D eigenvalue weighted by atomic mass is 16.5. The van der Waals surface area contributed by atoms with Crippen LogP contribution in [-0.2, 0) is 6.54 Å². The molecule has 1 aromatic carbocycles. The SMILES string of the molecule is COc1ccc(N)c(CN(C)CC2CC2C)c1. The van der Waals surface area contributed by atoms with Crippen molar-refractivity contribution in [1.29, 1.82) is 0 Å². The number of rotatable bonds is 5. The van der Waals surface area contributed by atoms with E-state index in [4.69, 9.17) is 10.5 Å². The molecule has 2 atom stereocenters. The van der Waals surface area contributed by atoms with Crippen LogP contribution in [0, 0.1) is 11.8 Å². The van der Waals surface area contributed by atoms with Crippen molar-refractivity contribution in [3.8, 4) is 5.75 Å². The molecule has 2 rings (SSSR count). The zero-order chi connectivity index (χ0) is 12.4. The summed E-state index contributed by atoms with van der Waals surface area (Å²) < 4.78 is 5.23. The van der Waals surface area contributed by atoms with Crippen molar-refractivity contribution < 1.29 is 4.74 Å². The summed E-state index contributed by atoms with van der Waals surface area (Å²) in [6.07, 6.45) is 1.37. The molecular formula is C14H22N2O. The monoisotopic (exact) mass is 234 g/mol. The molecule has 17 heavy (non-hydrogen) atoms. The Morgan fingerprint density at radius 2 is 2.18 bits per heavy atom. The van der Waals surface area contributed by atoms with Crippen molar-refractivity contribution in [3.05, 3.63) is 23.8 Å². The van der Waals surface area contributed by atoms with Gasteiger partial charge in [0.25, 0.3) is 0 Å². The molecule has 0 bridgehead atoms. The van der Waals surface area contributed by atoms with Crippen molar-refractivity contribution in [2.75, 3.05) is 26.4 Å². The fourth-order valence-electron chi connectivity index (χ4n) is 2.26. The van der Waals surface area contributed by atoms with E-state index in [1.54, 1.807) is 7.11 Å². The van der Waals surface area contributed by atoms with Crippen LogP contribution in [0.25, 0.3) is 0 Å². The maximum Gasteiger partial charge on any atom is 0.119 e. The summed E-state index contributed by atoms with van der Waals surface area (Å²) in [5.74, 6) is 2.66. The van der Waals surface area contributed by atoms with Gasteiger partial charge in [0.2, 0.25) is 0 Å². The quantitative estimate of drug-likeness (QED) is 0.795. The molecule has 1 aromatic rings. The molecule has 1 saturated carbocycles. The van der Waals surface area contributed by atoms with Crippen LogP contribution in [0.3, 0.4) is 0 Å². The van der Waals surface area contributed by atoms with Gasteiger partial charge in [-0.2, -0.15) is 0 Å². The van der Waals surface area contributed by atoms with Gasteiger partial charge >= 0.3 is 0 Å². The number of hydrogen-bond acceptors (Lipinski definition) is 3.